The van der Waals surface area contributed by atoms with Gasteiger partial charge in [0.15, 0.2) is 0 Å². The van der Waals surface area contributed by atoms with Gasteiger partial charge in [0.25, 0.3) is 0 Å². The van der Waals surface area contributed by atoms with E-state index in [1.807, 2.05) is 13.8 Å². The molecular formula is C18H26N2O4S. The number of nitrogens with one attached hydrogen (secondary N) is 1. The SMILES string of the molecule is C=CC(=O)NCCCN(C)S(=O)(=O)c1ccc2c(c1)CCC(C)(C)O2. The molecule has 1 aromatic rings. The molecule has 0 aliphatic carbocycles. The maximum atomic E-state index is 12.7. The van der Waals surface area contributed by atoms with Gasteiger partial charge < -0.3 is 10.1 Å². The van der Waals surface area contributed by atoms with E-state index in [-0.39, 0.29) is 16.4 Å². The Morgan fingerprint density at radius 3 is 2.84 bits per heavy atom. The van der Waals surface area contributed by atoms with Crippen LogP contribution >= 0.6 is 0 Å². The normalized spacial score (nSPS) is 16.0. The van der Waals surface area contributed by atoms with E-state index in [4.69, 9.17) is 4.74 Å². The standard InChI is InChI=1S/C18H26N2O4S/c1-5-17(21)19-11-6-12-20(4)25(22,23)15-7-8-16-14(13-15)9-10-18(2,3)24-16/h5,7-8,13H,1,6,9-12H2,2-4H3,(H,19,21). The molecule has 1 aromatic carbocycles. The van der Waals surface area contributed by atoms with E-state index in [1.54, 1.807) is 25.2 Å². The number of sulfonamides is 1. The molecule has 0 unspecified atom stereocenters. The van der Waals surface area contributed by atoms with E-state index >= 15 is 0 Å². The van der Waals surface area contributed by atoms with Gasteiger partial charge in [0, 0.05) is 20.1 Å². The molecule has 0 aromatic heterocycles. The fraction of sp³-hybridized carbons (Fsp3) is 0.500. The van der Waals surface area contributed by atoms with E-state index in [0.29, 0.717) is 19.5 Å². The zero-order valence-corrected chi connectivity index (χ0v) is 15.9. The van der Waals surface area contributed by atoms with Gasteiger partial charge in [-0.1, -0.05) is 6.58 Å². The third-order valence-electron chi connectivity index (χ3n) is 4.26. The van der Waals surface area contributed by atoms with Crippen LogP contribution in [0.2, 0.25) is 0 Å². The topological polar surface area (TPSA) is 75.7 Å². The molecular weight excluding hydrogens is 340 g/mol. The number of amides is 1. The van der Waals surface area contributed by atoms with Crippen molar-refractivity contribution in [2.45, 2.75) is 43.6 Å². The molecule has 1 aliphatic rings. The van der Waals surface area contributed by atoms with Crippen LogP contribution in [-0.2, 0) is 21.2 Å². The minimum Gasteiger partial charge on any atom is -0.488 e. The number of ether oxygens (including phenoxy) is 1. The maximum absolute atomic E-state index is 12.7. The average Bonchev–Trinajstić information content (AvgIpc) is 2.56. The number of fused-ring (bicyclic) bond motifs is 1. The molecule has 0 atom stereocenters. The van der Waals surface area contributed by atoms with E-state index in [9.17, 15) is 13.2 Å². The zero-order valence-electron chi connectivity index (χ0n) is 15.0. The van der Waals surface area contributed by atoms with Crippen LogP contribution in [-0.4, -0.2) is 44.4 Å². The molecule has 0 spiro atoms. The quantitative estimate of drug-likeness (QED) is 0.592. The van der Waals surface area contributed by atoms with Crippen molar-refractivity contribution in [1.82, 2.24) is 9.62 Å². The number of hydrogen-bond acceptors (Lipinski definition) is 4. The van der Waals surface area contributed by atoms with Crippen molar-refractivity contribution in [2.24, 2.45) is 0 Å². The maximum Gasteiger partial charge on any atom is 0.243 e. The van der Waals surface area contributed by atoms with Crippen molar-refractivity contribution in [3.05, 3.63) is 36.4 Å². The van der Waals surface area contributed by atoms with Crippen LogP contribution in [0.15, 0.2) is 35.7 Å². The fourth-order valence-corrected chi connectivity index (χ4v) is 3.94. The van der Waals surface area contributed by atoms with E-state index in [0.717, 1.165) is 24.2 Å². The Kier molecular flexibility index (Phi) is 5.90. The van der Waals surface area contributed by atoms with Gasteiger partial charge in [-0.25, -0.2) is 12.7 Å². The van der Waals surface area contributed by atoms with E-state index in [1.165, 1.54) is 10.4 Å². The van der Waals surface area contributed by atoms with Crippen LogP contribution in [0.1, 0.15) is 32.3 Å². The molecule has 25 heavy (non-hydrogen) atoms. The summed E-state index contributed by atoms with van der Waals surface area (Å²) in [5.41, 5.74) is 0.701. The summed E-state index contributed by atoms with van der Waals surface area (Å²) in [5.74, 6) is 0.494. The second-order valence-electron chi connectivity index (χ2n) is 6.81. The predicted molar refractivity (Wildman–Crippen MR) is 97.1 cm³/mol. The van der Waals surface area contributed by atoms with Crippen LogP contribution in [0.4, 0.5) is 0 Å². The first kappa shape index (κ1) is 19.5. The molecule has 0 bridgehead atoms. The molecule has 2 rings (SSSR count). The highest BCUT2D eigenvalue weighted by atomic mass is 32.2. The molecule has 1 heterocycles. The Morgan fingerprint density at radius 2 is 2.16 bits per heavy atom. The molecule has 7 heteroatoms. The fourth-order valence-electron chi connectivity index (χ4n) is 2.68. The Morgan fingerprint density at radius 1 is 1.44 bits per heavy atom. The summed E-state index contributed by atoms with van der Waals surface area (Å²) in [6, 6.07) is 5.03. The predicted octanol–water partition coefficient (Wildman–Crippen LogP) is 2.10. The zero-order chi connectivity index (χ0) is 18.7. The van der Waals surface area contributed by atoms with Gasteiger partial charge in [0.1, 0.15) is 11.4 Å². The first-order chi connectivity index (χ1) is 11.7. The lowest BCUT2D eigenvalue weighted by Gasteiger charge is -2.32. The Hall–Kier alpha value is -1.86. The van der Waals surface area contributed by atoms with Crippen LogP contribution in [0.3, 0.4) is 0 Å². The minimum absolute atomic E-state index is 0.222. The summed E-state index contributed by atoms with van der Waals surface area (Å²) >= 11 is 0. The average molecular weight is 366 g/mol. The summed E-state index contributed by atoms with van der Waals surface area (Å²) in [4.78, 5) is 11.4. The van der Waals surface area contributed by atoms with Crippen molar-refractivity contribution < 1.29 is 17.9 Å². The van der Waals surface area contributed by atoms with Crippen molar-refractivity contribution in [1.29, 1.82) is 0 Å². The molecule has 6 nitrogen and oxygen atoms in total. The number of carbonyl (C=O) groups excluding carboxylic acids is 1. The molecule has 0 fully saturated rings. The van der Waals surface area contributed by atoms with Crippen LogP contribution in [0, 0.1) is 0 Å². The highest BCUT2D eigenvalue weighted by molar-refractivity contribution is 7.89. The smallest absolute Gasteiger partial charge is 0.243 e. The number of carbonyl (C=O) groups is 1. The lowest BCUT2D eigenvalue weighted by molar-refractivity contribution is -0.116. The van der Waals surface area contributed by atoms with Crippen molar-refractivity contribution in [3.63, 3.8) is 0 Å². The first-order valence-electron chi connectivity index (χ1n) is 8.34. The van der Waals surface area contributed by atoms with Gasteiger partial charge in [-0.2, -0.15) is 0 Å². The summed E-state index contributed by atoms with van der Waals surface area (Å²) in [6.45, 7) is 8.14. The number of benzene rings is 1. The summed E-state index contributed by atoms with van der Waals surface area (Å²) in [6.07, 6.45) is 3.36. The number of aryl methyl sites for hydroxylation is 1. The van der Waals surface area contributed by atoms with Crippen LogP contribution in [0.25, 0.3) is 0 Å². The van der Waals surface area contributed by atoms with Gasteiger partial charge in [-0.3, -0.25) is 4.79 Å². The van der Waals surface area contributed by atoms with Gasteiger partial charge in [-0.15, -0.1) is 0 Å². The Balaban J connectivity index is 2.04. The van der Waals surface area contributed by atoms with Crippen molar-refractivity contribution in [3.8, 4) is 5.75 Å². The Labute approximate surface area is 149 Å². The molecule has 1 amide bonds. The third kappa shape index (κ3) is 4.83. The number of hydrogen-bond donors (Lipinski definition) is 1. The van der Waals surface area contributed by atoms with Gasteiger partial charge >= 0.3 is 0 Å². The second kappa shape index (κ2) is 7.58. The summed E-state index contributed by atoms with van der Waals surface area (Å²) < 4.78 is 32.6. The number of nitrogens with zero attached hydrogens (tertiary/aromatic N) is 1. The highest BCUT2D eigenvalue weighted by Gasteiger charge is 2.28. The van der Waals surface area contributed by atoms with Gasteiger partial charge in [0.2, 0.25) is 15.9 Å². The molecule has 1 aliphatic heterocycles. The van der Waals surface area contributed by atoms with Crippen LogP contribution < -0.4 is 10.1 Å². The monoisotopic (exact) mass is 366 g/mol. The van der Waals surface area contributed by atoms with Crippen LogP contribution in [0.5, 0.6) is 5.75 Å². The second-order valence-corrected chi connectivity index (χ2v) is 8.85. The van der Waals surface area contributed by atoms with E-state index in [2.05, 4.69) is 11.9 Å². The summed E-state index contributed by atoms with van der Waals surface area (Å²) in [7, 11) is -2.02. The first-order valence-corrected chi connectivity index (χ1v) is 9.78. The van der Waals surface area contributed by atoms with Gasteiger partial charge in [-0.05, 0) is 62.9 Å². The highest BCUT2D eigenvalue weighted by Crippen LogP contribution is 2.34. The molecule has 1 N–H and O–H groups in total. The lowest BCUT2D eigenvalue weighted by atomic mass is 9.94. The molecule has 0 radical (unpaired) electrons. The molecule has 138 valence electrons. The molecule has 0 saturated heterocycles. The van der Waals surface area contributed by atoms with Crippen molar-refractivity contribution >= 4 is 15.9 Å². The molecule has 0 saturated carbocycles. The summed E-state index contributed by atoms with van der Waals surface area (Å²) in [5, 5.41) is 2.63. The third-order valence-corrected chi connectivity index (χ3v) is 6.11. The number of rotatable bonds is 7. The van der Waals surface area contributed by atoms with E-state index < -0.39 is 10.0 Å². The van der Waals surface area contributed by atoms with Crippen molar-refractivity contribution in [2.75, 3.05) is 20.1 Å². The Bertz CT molecular complexity index is 756. The minimum atomic E-state index is -3.56. The largest absolute Gasteiger partial charge is 0.488 e. The lowest BCUT2D eigenvalue weighted by Crippen LogP contribution is -2.33. The van der Waals surface area contributed by atoms with Gasteiger partial charge in [0.05, 0.1) is 4.90 Å².